The van der Waals surface area contributed by atoms with Crippen molar-refractivity contribution in [1.29, 1.82) is 0 Å². The predicted octanol–water partition coefficient (Wildman–Crippen LogP) is 2.43. The number of rotatable bonds is 2. The van der Waals surface area contributed by atoms with Crippen LogP contribution >= 0.6 is 0 Å². The average molecular weight is 202 g/mol. The van der Waals surface area contributed by atoms with Gasteiger partial charge in [0.05, 0.1) is 5.70 Å². The lowest BCUT2D eigenvalue weighted by molar-refractivity contribution is 0.325. The molecular formula is C13H18N2. The zero-order valence-corrected chi connectivity index (χ0v) is 9.02. The Morgan fingerprint density at radius 2 is 1.73 bits per heavy atom. The molecule has 1 aliphatic rings. The zero-order valence-electron chi connectivity index (χ0n) is 9.02. The molecule has 0 aromatic heterocycles. The normalized spacial score (nSPS) is 17.9. The first-order valence-corrected chi connectivity index (χ1v) is 5.64. The van der Waals surface area contributed by atoms with E-state index in [1.165, 1.54) is 30.5 Å². The maximum atomic E-state index is 5.73. The Morgan fingerprint density at radius 1 is 1.07 bits per heavy atom. The summed E-state index contributed by atoms with van der Waals surface area (Å²) in [5.74, 6) is 0. The van der Waals surface area contributed by atoms with Gasteiger partial charge in [-0.1, -0.05) is 30.3 Å². The van der Waals surface area contributed by atoms with Crippen molar-refractivity contribution < 1.29 is 0 Å². The fraction of sp³-hybridized carbons (Fsp3) is 0.385. The monoisotopic (exact) mass is 202 g/mol. The molecule has 1 aliphatic heterocycles. The van der Waals surface area contributed by atoms with E-state index in [-0.39, 0.29) is 0 Å². The highest BCUT2D eigenvalue weighted by Crippen LogP contribution is 2.22. The van der Waals surface area contributed by atoms with Crippen LogP contribution in [0, 0.1) is 0 Å². The second kappa shape index (κ2) is 4.87. The van der Waals surface area contributed by atoms with E-state index in [2.05, 4.69) is 29.2 Å². The van der Waals surface area contributed by atoms with E-state index in [1.807, 2.05) is 6.07 Å². The van der Waals surface area contributed by atoms with Crippen molar-refractivity contribution in [3.63, 3.8) is 0 Å². The molecule has 0 unspecified atom stereocenters. The smallest absolute Gasteiger partial charge is 0.0597 e. The lowest BCUT2D eigenvalue weighted by Gasteiger charge is -2.30. The standard InChI is InChI=1S/C13H18N2/c14-11-13(12-7-3-1-4-8-12)15-9-5-2-6-10-15/h1,3-4,7-8,11H,2,5-6,9-10,14H2. The van der Waals surface area contributed by atoms with Crippen molar-refractivity contribution in [2.75, 3.05) is 13.1 Å². The van der Waals surface area contributed by atoms with Crippen LogP contribution in [0.4, 0.5) is 0 Å². The van der Waals surface area contributed by atoms with Gasteiger partial charge in [0, 0.05) is 19.3 Å². The minimum absolute atomic E-state index is 1.14. The number of nitrogens with zero attached hydrogens (tertiary/aromatic N) is 1. The van der Waals surface area contributed by atoms with E-state index >= 15 is 0 Å². The Bertz CT molecular complexity index is 324. The molecule has 2 heteroatoms. The molecule has 1 aromatic rings. The third-order valence-electron chi connectivity index (χ3n) is 2.92. The second-order valence-electron chi connectivity index (χ2n) is 3.97. The van der Waals surface area contributed by atoms with E-state index in [9.17, 15) is 0 Å². The van der Waals surface area contributed by atoms with Crippen molar-refractivity contribution in [2.24, 2.45) is 5.73 Å². The van der Waals surface area contributed by atoms with Crippen LogP contribution in [-0.2, 0) is 0 Å². The SMILES string of the molecule is NC=C(c1ccccc1)N1CCCCC1. The van der Waals surface area contributed by atoms with Gasteiger partial charge in [-0.3, -0.25) is 0 Å². The summed E-state index contributed by atoms with van der Waals surface area (Å²) in [7, 11) is 0. The average Bonchev–Trinajstić information content (AvgIpc) is 2.33. The highest BCUT2D eigenvalue weighted by molar-refractivity contribution is 5.63. The summed E-state index contributed by atoms with van der Waals surface area (Å²) < 4.78 is 0. The number of hydrogen-bond donors (Lipinski definition) is 1. The molecule has 0 radical (unpaired) electrons. The highest BCUT2D eigenvalue weighted by Gasteiger charge is 2.13. The van der Waals surface area contributed by atoms with Crippen LogP contribution < -0.4 is 5.73 Å². The summed E-state index contributed by atoms with van der Waals surface area (Å²) in [5, 5.41) is 0. The van der Waals surface area contributed by atoms with Gasteiger partial charge in [-0.2, -0.15) is 0 Å². The molecule has 0 amide bonds. The lowest BCUT2D eigenvalue weighted by atomic mass is 10.1. The number of nitrogens with two attached hydrogens (primary N) is 1. The van der Waals surface area contributed by atoms with Crippen LogP contribution in [0.2, 0.25) is 0 Å². The number of hydrogen-bond acceptors (Lipinski definition) is 2. The zero-order chi connectivity index (χ0) is 10.5. The van der Waals surface area contributed by atoms with E-state index in [0.29, 0.717) is 0 Å². The van der Waals surface area contributed by atoms with Gasteiger partial charge in [-0.25, -0.2) is 0 Å². The molecule has 2 nitrogen and oxygen atoms in total. The van der Waals surface area contributed by atoms with Gasteiger partial charge in [0.2, 0.25) is 0 Å². The maximum Gasteiger partial charge on any atom is 0.0597 e. The molecule has 80 valence electrons. The van der Waals surface area contributed by atoms with Gasteiger partial charge in [-0.15, -0.1) is 0 Å². The largest absolute Gasteiger partial charge is 0.403 e. The molecular weight excluding hydrogens is 184 g/mol. The molecule has 0 saturated carbocycles. The first kappa shape index (κ1) is 10.1. The minimum atomic E-state index is 1.14. The Labute approximate surface area is 91.4 Å². The second-order valence-corrected chi connectivity index (χ2v) is 3.97. The molecule has 1 heterocycles. The lowest BCUT2D eigenvalue weighted by Crippen LogP contribution is -2.28. The Kier molecular flexibility index (Phi) is 3.28. The molecule has 1 fully saturated rings. The predicted molar refractivity (Wildman–Crippen MR) is 64.0 cm³/mol. The Hall–Kier alpha value is -1.44. The Morgan fingerprint density at radius 3 is 2.33 bits per heavy atom. The first-order chi connectivity index (χ1) is 7.42. The highest BCUT2D eigenvalue weighted by atomic mass is 15.1. The molecule has 2 N–H and O–H groups in total. The summed E-state index contributed by atoms with van der Waals surface area (Å²) >= 11 is 0. The molecule has 1 aromatic carbocycles. The van der Waals surface area contributed by atoms with Crippen molar-refractivity contribution in [2.45, 2.75) is 19.3 Å². The molecule has 0 atom stereocenters. The Balaban J connectivity index is 2.17. The van der Waals surface area contributed by atoms with Crippen LogP contribution in [0.25, 0.3) is 5.70 Å². The summed E-state index contributed by atoms with van der Waals surface area (Å²) in [6, 6.07) is 10.4. The summed E-state index contributed by atoms with van der Waals surface area (Å²) in [6.07, 6.45) is 5.65. The molecule has 0 bridgehead atoms. The molecule has 0 aliphatic carbocycles. The van der Waals surface area contributed by atoms with Crippen molar-refractivity contribution in [1.82, 2.24) is 4.90 Å². The van der Waals surface area contributed by atoms with Crippen LogP contribution in [0.1, 0.15) is 24.8 Å². The number of piperidine rings is 1. The van der Waals surface area contributed by atoms with Gasteiger partial charge < -0.3 is 10.6 Å². The van der Waals surface area contributed by atoms with Gasteiger partial charge in [-0.05, 0) is 24.8 Å². The van der Waals surface area contributed by atoms with Crippen LogP contribution in [0.15, 0.2) is 36.5 Å². The van der Waals surface area contributed by atoms with Crippen molar-refractivity contribution >= 4 is 5.70 Å². The molecule has 0 spiro atoms. The summed E-state index contributed by atoms with van der Waals surface area (Å²) in [4.78, 5) is 2.39. The fourth-order valence-corrected chi connectivity index (χ4v) is 2.13. The molecule has 2 rings (SSSR count). The van der Waals surface area contributed by atoms with Gasteiger partial charge in [0.25, 0.3) is 0 Å². The van der Waals surface area contributed by atoms with Gasteiger partial charge in [0.15, 0.2) is 0 Å². The van der Waals surface area contributed by atoms with Crippen LogP contribution in [-0.4, -0.2) is 18.0 Å². The quantitative estimate of drug-likeness (QED) is 0.798. The first-order valence-electron chi connectivity index (χ1n) is 5.64. The third-order valence-corrected chi connectivity index (χ3v) is 2.92. The number of benzene rings is 1. The van der Waals surface area contributed by atoms with Crippen LogP contribution in [0.5, 0.6) is 0 Å². The van der Waals surface area contributed by atoms with E-state index < -0.39 is 0 Å². The molecule has 1 saturated heterocycles. The van der Waals surface area contributed by atoms with Crippen LogP contribution in [0.3, 0.4) is 0 Å². The van der Waals surface area contributed by atoms with E-state index in [4.69, 9.17) is 5.73 Å². The maximum absolute atomic E-state index is 5.73. The minimum Gasteiger partial charge on any atom is -0.403 e. The van der Waals surface area contributed by atoms with E-state index in [0.717, 1.165) is 13.1 Å². The fourth-order valence-electron chi connectivity index (χ4n) is 2.13. The topological polar surface area (TPSA) is 29.3 Å². The summed E-state index contributed by atoms with van der Waals surface area (Å²) in [6.45, 7) is 2.27. The van der Waals surface area contributed by atoms with Gasteiger partial charge in [0.1, 0.15) is 0 Å². The van der Waals surface area contributed by atoms with Gasteiger partial charge >= 0.3 is 0 Å². The van der Waals surface area contributed by atoms with Crippen molar-refractivity contribution in [3.8, 4) is 0 Å². The molecule has 15 heavy (non-hydrogen) atoms. The summed E-state index contributed by atoms with van der Waals surface area (Å²) in [5.41, 5.74) is 8.13. The third kappa shape index (κ3) is 2.32. The van der Waals surface area contributed by atoms with E-state index in [1.54, 1.807) is 6.20 Å². The van der Waals surface area contributed by atoms with Crippen molar-refractivity contribution in [3.05, 3.63) is 42.1 Å². The number of likely N-dealkylation sites (tertiary alicyclic amines) is 1.